The second-order valence-corrected chi connectivity index (χ2v) is 10.5. The minimum Gasteiger partial charge on any atom is -0.480 e. The van der Waals surface area contributed by atoms with Crippen molar-refractivity contribution < 1.29 is 27.9 Å². The van der Waals surface area contributed by atoms with Gasteiger partial charge in [-0.05, 0) is 75.6 Å². The zero-order chi connectivity index (χ0) is 23.2. The number of nitrogens with zero attached hydrogens (tertiary/aromatic N) is 1. The molecule has 7 nitrogen and oxygen atoms in total. The molecular weight excluding hydrogens is 442 g/mol. The first-order valence-electron chi connectivity index (χ1n) is 9.67. The van der Waals surface area contributed by atoms with Crippen LogP contribution in [0.2, 0.25) is 5.02 Å². The fourth-order valence-electron chi connectivity index (χ4n) is 2.78. The van der Waals surface area contributed by atoms with Gasteiger partial charge in [0.1, 0.15) is 12.1 Å². The predicted molar refractivity (Wildman–Crippen MR) is 119 cm³/mol. The summed E-state index contributed by atoms with van der Waals surface area (Å²) in [7, 11) is -3.40. The minimum absolute atomic E-state index is 0.0145. The maximum atomic E-state index is 12.4. The van der Waals surface area contributed by atoms with Gasteiger partial charge in [0, 0.05) is 10.7 Å². The van der Waals surface area contributed by atoms with E-state index in [0.717, 1.165) is 10.5 Å². The summed E-state index contributed by atoms with van der Waals surface area (Å²) >= 11 is 5.80. The Labute approximate surface area is 187 Å². The Kier molecular flexibility index (Phi) is 8.08. The largest absolute Gasteiger partial charge is 0.480 e. The van der Waals surface area contributed by atoms with Crippen LogP contribution >= 0.6 is 11.6 Å². The van der Waals surface area contributed by atoms with E-state index in [1.165, 1.54) is 12.1 Å². The molecule has 0 aromatic heterocycles. The lowest BCUT2D eigenvalue weighted by molar-refractivity contribution is -0.135. The number of amides is 1. The topological polar surface area (TPSA) is 101 Å². The van der Waals surface area contributed by atoms with Gasteiger partial charge < -0.3 is 9.84 Å². The first kappa shape index (κ1) is 24.7. The fourth-order valence-corrected chi connectivity index (χ4v) is 4.22. The molecule has 0 bridgehead atoms. The summed E-state index contributed by atoms with van der Waals surface area (Å²) in [5, 5.41) is 9.61. The molecule has 0 aliphatic rings. The van der Waals surface area contributed by atoms with Gasteiger partial charge in [0.15, 0.2) is 9.84 Å². The number of sulfone groups is 1. The Balaban J connectivity index is 2.03. The zero-order valence-corrected chi connectivity index (χ0v) is 19.2. The average Bonchev–Trinajstić information content (AvgIpc) is 2.65. The number of halogens is 1. The van der Waals surface area contributed by atoms with Gasteiger partial charge in [-0.3, -0.25) is 9.69 Å². The molecule has 0 aliphatic carbocycles. The van der Waals surface area contributed by atoms with Crippen LogP contribution in [0.5, 0.6) is 0 Å². The van der Waals surface area contributed by atoms with E-state index in [2.05, 4.69) is 0 Å². The average molecular weight is 468 g/mol. The molecule has 9 heteroatoms. The molecular formula is C22H26ClNO6S. The Bertz CT molecular complexity index is 1010. The van der Waals surface area contributed by atoms with E-state index < -0.39 is 34.0 Å². The van der Waals surface area contributed by atoms with Crippen LogP contribution in [0.15, 0.2) is 53.4 Å². The van der Waals surface area contributed by atoms with Crippen molar-refractivity contribution in [3.05, 3.63) is 59.1 Å². The molecule has 0 fully saturated rings. The highest BCUT2D eigenvalue weighted by Gasteiger charge is 2.25. The van der Waals surface area contributed by atoms with Crippen molar-refractivity contribution in [1.29, 1.82) is 0 Å². The van der Waals surface area contributed by atoms with Gasteiger partial charge in [0.25, 0.3) is 0 Å². The highest BCUT2D eigenvalue weighted by molar-refractivity contribution is 7.91. The summed E-state index contributed by atoms with van der Waals surface area (Å²) < 4.78 is 30.1. The number of aryl methyl sites for hydroxylation is 1. The molecule has 0 aliphatic heterocycles. The zero-order valence-electron chi connectivity index (χ0n) is 17.7. The van der Waals surface area contributed by atoms with E-state index in [4.69, 9.17) is 21.4 Å². The fraction of sp³-hybridized carbons (Fsp3) is 0.364. The summed E-state index contributed by atoms with van der Waals surface area (Å²) in [6, 6.07) is 12.8. The molecule has 0 atom stereocenters. The molecule has 0 saturated carbocycles. The maximum Gasteiger partial charge on any atom is 0.415 e. The van der Waals surface area contributed by atoms with Crippen molar-refractivity contribution in [3.8, 4) is 0 Å². The van der Waals surface area contributed by atoms with Gasteiger partial charge >= 0.3 is 12.1 Å². The number of ether oxygens (including phenoxy) is 1. The van der Waals surface area contributed by atoms with E-state index in [0.29, 0.717) is 23.6 Å². The van der Waals surface area contributed by atoms with Crippen molar-refractivity contribution in [2.45, 2.75) is 44.1 Å². The molecule has 2 aromatic carbocycles. The SMILES string of the molecule is CC(C)(C)OC(=O)N(CC(=O)O)c1ccc(CCCS(=O)(=O)c2ccc(Cl)cc2)cc1. The van der Waals surface area contributed by atoms with Gasteiger partial charge in [0.2, 0.25) is 0 Å². The second-order valence-electron chi connectivity index (χ2n) is 8.00. The summed E-state index contributed by atoms with van der Waals surface area (Å²) in [5.74, 6) is -1.18. The monoisotopic (exact) mass is 467 g/mol. The minimum atomic E-state index is -3.40. The number of carbonyl (C=O) groups is 2. The van der Waals surface area contributed by atoms with Gasteiger partial charge in [-0.2, -0.15) is 0 Å². The summed E-state index contributed by atoms with van der Waals surface area (Å²) in [5.41, 5.74) is 0.493. The number of anilines is 1. The number of benzene rings is 2. The van der Waals surface area contributed by atoms with Crippen LogP contribution in [0.1, 0.15) is 32.8 Å². The van der Waals surface area contributed by atoms with Crippen LogP contribution in [-0.4, -0.2) is 43.5 Å². The first-order valence-corrected chi connectivity index (χ1v) is 11.7. The van der Waals surface area contributed by atoms with Crippen molar-refractivity contribution in [1.82, 2.24) is 0 Å². The number of hydrogen-bond donors (Lipinski definition) is 1. The lowest BCUT2D eigenvalue weighted by atomic mass is 10.1. The molecule has 1 N–H and O–H groups in total. The molecule has 168 valence electrons. The normalized spacial score (nSPS) is 11.7. The first-order chi connectivity index (χ1) is 14.4. The van der Waals surface area contributed by atoms with Gasteiger partial charge in [-0.15, -0.1) is 0 Å². The van der Waals surface area contributed by atoms with Crippen molar-refractivity contribution >= 4 is 39.2 Å². The van der Waals surface area contributed by atoms with Crippen molar-refractivity contribution in [2.24, 2.45) is 0 Å². The van der Waals surface area contributed by atoms with E-state index >= 15 is 0 Å². The van der Waals surface area contributed by atoms with E-state index in [1.807, 2.05) is 0 Å². The number of carbonyl (C=O) groups excluding carboxylic acids is 1. The third kappa shape index (κ3) is 7.88. The Morgan fingerprint density at radius 1 is 1.03 bits per heavy atom. The summed E-state index contributed by atoms with van der Waals surface area (Å²) in [6.45, 7) is 4.56. The number of aliphatic carboxylic acids is 1. The van der Waals surface area contributed by atoms with E-state index in [-0.39, 0.29) is 10.6 Å². The summed E-state index contributed by atoms with van der Waals surface area (Å²) in [6.07, 6.45) is 0.171. The maximum absolute atomic E-state index is 12.4. The Morgan fingerprint density at radius 2 is 1.61 bits per heavy atom. The third-order valence-corrected chi connectivity index (χ3v) is 6.28. The molecule has 0 heterocycles. The molecule has 0 saturated heterocycles. The molecule has 0 unspecified atom stereocenters. The molecule has 2 rings (SSSR count). The Morgan fingerprint density at radius 3 is 2.13 bits per heavy atom. The number of hydrogen-bond acceptors (Lipinski definition) is 5. The highest BCUT2D eigenvalue weighted by atomic mass is 35.5. The smallest absolute Gasteiger partial charge is 0.415 e. The van der Waals surface area contributed by atoms with Crippen molar-refractivity contribution in [2.75, 3.05) is 17.2 Å². The number of carboxylic acid groups (broad SMARTS) is 1. The lowest BCUT2D eigenvalue weighted by Crippen LogP contribution is -2.40. The van der Waals surface area contributed by atoms with E-state index in [9.17, 15) is 18.0 Å². The molecule has 0 spiro atoms. The highest BCUT2D eigenvalue weighted by Crippen LogP contribution is 2.21. The Hall–Kier alpha value is -2.58. The van der Waals surface area contributed by atoms with Gasteiger partial charge in [-0.1, -0.05) is 23.7 Å². The third-order valence-electron chi connectivity index (χ3n) is 4.21. The molecule has 31 heavy (non-hydrogen) atoms. The quantitative estimate of drug-likeness (QED) is 0.610. The molecule has 1 amide bonds. The van der Waals surface area contributed by atoms with Crippen molar-refractivity contribution in [3.63, 3.8) is 0 Å². The molecule has 2 aromatic rings. The predicted octanol–water partition coefficient (Wildman–Crippen LogP) is 4.57. The van der Waals surface area contributed by atoms with Crippen LogP contribution < -0.4 is 4.90 Å². The number of rotatable bonds is 8. The van der Waals surface area contributed by atoms with Gasteiger partial charge in [-0.25, -0.2) is 13.2 Å². The summed E-state index contributed by atoms with van der Waals surface area (Å²) in [4.78, 5) is 24.8. The van der Waals surface area contributed by atoms with Gasteiger partial charge in [0.05, 0.1) is 10.6 Å². The van der Waals surface area contributed by atoms with Crippen LogP contribution in [0.25, 0.3) is 0 Å². The van der Waals surface area contributed by atoms with Crippen LogP contribution in [0.3, 0.4) is 0 Å². The van der Waals surface area contributed by atoms with E-state index in [1.54, 1.807) is 57.2 Å². The number of carboxylic acids is 1. The standard InChI is InChI=1S/C22H26ClNO6S/c1-22(2,3)30-21(27)24(15-20(25)26)18-10-6-16(7-11-18)5-4-14-31(28,29)19-12-8-17(23)9-13-19/h6-13H,4-5,14-15H2,1-3H3,(H,25,26). The lowest BCUT2D eigenvalue weighted by Gasteiger charge is -2.26. The van der Waals surface area contributed by atoms with Crippen LogP contribution in [0, 0.1) is 0 Å². The van der Waals surface area contributed by atoms with Crippen LogP contribution in [-0.2, 0) is 25.8 Å². The molecule has 0 radical (unpaired) electrons. The second kappa shape index (κ2) is 10.2. The van der Waals surface area contributed by atoms with Crippen LogP contribution in [0.4, 0.5) is 10.5 Å².